The molecular weight excluding hydrogens is 382 g/mol. The van der Waals surface area contributed by atoms with Crippen molar-refractivity contribution in [2.24, 2.45) is 0 Å². The number of hydrogen-bond acceptors (Lipinski definition) is 6. The molecule has 3 unspecified atom stereocenters. The van der Waals surface area contributed by atoms with Crippen molar-refractivity contribution in [3.05, 3.63) is 47.7 Å². The SMILES string of the molecule is CC1OCCOC1c1ccc2c(c1)N(C(=O)C1CCCCO1)Cc1cccnc1N2. The minimum absolute atomic E-state index is 0.000430. The van der Waals surface area contributed by atoms with Gasteiger partial charge in [-0.05, 0) is 49.9 Å². The van der Waals surface area contributed by atoms with Crippen LogP contribution in [0.5, 0.6) is 0 Å². The van der Waals surface area contributed by atoms with Gasteiger partial charge in [0.2, 0.25) is 0 Å². The first-order valence-electron chi connectivity index (χ1n) is 10.7. The molecule has 2 fully saturated rings. The van der Waals surface area contributed by atoms with Crippen molar-refractivity contribution in [3.63, 3.8) is 0 Å². The van der Waals surface area contributed by atoms with Crippen LogP contribution in [0.4, 0.5) is 17.2 Å². The number of ether oxygens (including phenoxy) is 3. The van der Waals surface area contributed by atoms with E-state index in [4.69, 9.17) is 14.2 Å². The van der Waals surface area contributed by atoms with Gasteiger partial charge in [-0.3, -0.25) is 4.79 Å². The summed E-state index contributed by atoms with van der Waals surface area (Å²) in [6.07, 6.45) is 3.94. The highest BCUT2D eigenvalue weighted by atomic mass is 16.6. The molecule has 1 N–H and O–H groups in total. The fourth-order valence-electron chi connectivity index (χ4n) is 4.42. The smallest absolute Gasteiger partial charge is 0.256 e. The van der Waals surface area contributed by atoms with Gasteiger partial charge in [0.15, 0.2) is 0 Å². The molecule has 7 nitrogen and oxygen atoms in total. The van der Waals surface area contributed by atoms with Crippen LogP contribution in [0.25, 0.3) is 0 Å². The van der Waals surface area contributed by atoms with E-state index in [1.807, 2.05) is 42.2 Å². The van der Waals surface area contributed by atoms with E-state index in [1.165, 1.54) is 0 Å². The Morgan fingerprint density at radius 1 is 1.13 bits per heavy atom. The van der Waals surface area contributed by atoms with Crippen molar-refractivity contribution in [3.8, 4) is 0 Å². The number of anilines is 3. The summed E-state index contributed by atoms with van der Waals surface area (Å²) in [5.74, 6) is 0.775. The number of rotatable bonds is 2. The van der Waals surface area contributed by atoms with Crippen molar-refractivity contribution in [1.29, 1.82) is 0 Å². The minimum atomic E-state index is -0.401. The number of aromatic nitrogens is 1. The van der Waals surface area contributed by atoms with E-state index in [-0.39, 0.29) is 18.1 Å². The summed E-state index contributed by atoms with van der Waals surface area (Å²) in [6.45, 7) is 4.28. The number of benzene rings is 1. The van der Waals surface area contributed by atoms with Crippen LogP contribution in [0.1, 0.15) is 43.4 Å². The third-order valence-corrected chi connectivity index (χ3v) is 6.02. The van der Waals surface area contributed by atoms with Crippen LogP contribution >= 0.6 is 0 Å². The summed E-state index contributed by atoms with van der Waals surface area (Å²) in [4.78, 5) is 19.8. The third-order valence-electron chi connectivity index (χ3n) is 6.02. The Hall–Kier alpha value is -2.48. The van der Waals surface area contributed by atoms with E-state index in [0.717, 1.165) is 47.6 Å². The van der Waals surface area contributed by atoms with E-state index in [1.54, 1.807) is 6.20 Å². The molecule has 1 aromatic carbocycles. The highest BCUT2D eigenvalue weighted by molar-refractivity contribution is 6.00. The van der Waals surface area contributed by atoms with E-state index in [2.05, 4.69) is 10.3 Å². The summed E-state index contributed by atoms with van der Waals surface area (Å²) in [5.41, 5.74) is 3.66. The zero-order valence-corrected chi connectivity index (χ0v) is 17.2. The van der Waals surface area contributed by atoms with Crippen LogP contribution < -0.4 is 10.2 Å². The number of nitrogens with one attached hydrogen (secondary N) is 1. The highest BCUT2D eigenvalue weighted by Crippen LogP contribution is 2.39. The zero-order valence-electron chi connectivity index (χ0n) is 17.2. The fraction of sp³-hybridized carbons (Fsp3) is 0.478. The molecule has 2 saturated heterocycles. The Labute approximate surface area is 176 Å². The maximum atomic E-state index is 13.5. The van der Waals surface area contributed by atoms with Crippen molar-refractivity contribution in [2.75, 3.05) is 30.0 Å². The molecule has 1 amide bonds. The lowest BCUT2D eigenvalue weighted by Gasteiger charge is -2.32. The molecule has 5 rings (SSSR count). The lowest BCUT2D eigenvalue weighted by molar-refractivity contribution is -0.135. The van der Waals surface area contributed by atoms with E-state index in [0.29, 0.717) is 26.4 Å². The molecule has 3 aliphatic heterocycles. The maximum Gasteiger partial charge on any atom is 0.256 e. The van der Waals surface area contributed by atoms with Crippen LogP contribution in [0.2, 0.25) is 0 Å². The standard InChI is InChI=1S/C23H27N3O4/c1-15-21(30-12-11-28-15)16-7-8-18-19(13-16)26(23(27)20-6-2-3-10-29-20)14-17-5-4-9-24-22(17)25-18/h4-5,7-9,13,15,20-21H,2-3,6,10-12,14H2,1H3,(H,24,25). The summed E-state index contributed by atoms with van der Waals surface area (Å²) in [7, 11) is 0. The van der Waals surface area contributed by atoms with Crippen molar-refractivity contribution < 1.29 is 19.0 Å². The Bertz CT molecular complexity index is 928. The number of amides is 1. The molecule has 30 heavy (non-hydrogen) atoms. The summed E-state index contributed by atoms with van der Waals surface area (Å²) in [5, 5.41) is 3.41. The third kappa shape index (κ3) is 3.69. The largest absolute Gasteiger partial charge is 0.373 e. The number of carbonyl (C=O) groups excluding carboxylic acids is 1. The normalized spacial score (nSPS) is 26.2. The van der Waals surface area contributed by atoms with Gasteiger partial charge in [0.05, 0.1) is 37.2 Å². The monoisotopic (exact) mass is 409 g/mol. The van der Waals surface area contributed by atoms with Crippen molar-refractivity contribution in [1.82, 2.24) is 4.98 Å². The van der Waals surface area contributed by atoms with Gasteiger partial charge in [0, 0.05) is 18.4 Å². The molecular formula is C23H27N3O4. The van der Waals surface area contributed by atoms with Crippen LogP contribution in [0.15, 0.2) is 36.5 Å². The molecule has 3 aliphatic rings. The number of fused-ring (bicyclic) bond motifs is 2. The van der Waals surface area contributed by atoms with Crippen molar-refractivity contribution in [2.45, 2.75) is 51.0 Å². The molecule has 0 spiro atoms. The van der Waals surface area contributed by atoms with Crippen molar-refractivity contribution >= 4 is 23.1 Å². The Morgan fingerprint density at radius 2 is 2.03 bits per heavy atom. The Morgan fingerprint density at radius 3 is 2.87 bits per heavy atom. The average Bonchev–Trinajstić information content (AvgIpc) is 2.96. The highest BCUT2D eigenvalue weighted by Gasteiger charge is 2.33. The summed E-state index contributed by atoms with van der Waals surface area (Å²) < 4.78 is 17.6. The molecule has 0 aliphatic carbocycles. The van der Waals surface area contributed by atoms with Gasteiger partial charge >= 0.3 is 0 Å². The molecule has 158 valence electrons. The Kier molecular flexibility index (Phi) is 5.41. The van der Waals surface area contributed by atoms with Gasteiger partial charge in [-0.25, -0.2) is 4.98 Å². The predicted octanol–water partition coefficient (Wildman–Crippen LogP) is 3.72. The molecule has 0 saturated carbocycles. The van der Waals surface area contributed by atoms with Gasteiger partial charge in [-0.2, -0.15) is 0 Å². The lowest BCUT2D eigenvalue weighted by Crippen LogP contribution is -2.41. The molecule has 4 heterocycles. The van der Waals surface area contributed by atoms with Crippen LogP contribution in [0, 0.1) is 0 Å². The van der Waals surface area contributed by atoms with Gasteiger partial charge < -0.3 is 24.4 Å². The van der Waals surface area contributed by atoms with Crippen LogP contribution in [-0.4, -0.2) is 42.9 Å². The van der Waals surface area contributed by atoms with Gasteiger partial charge in [-0.15, -0.1) is 0 Å². The number of nitrogens with zero attached hydrogens (tertiary/aromatic N) is 2. The molecule has 0 bridgehead atoms. The van der Waals surface area contributed by atoms with Gasteiger partial charge in [0.25, 0.3) is 5.91 Å². The molecule has 1 aromatic heterocycles. The maximum absolute atomic E-state index is 13.5. The number of hydrogen-bond donors (Lipinski definition) is 1. The van der Waals surface area contributed by atoms with Crippen LogP contribution in [-0.2, 0) is 25.5 Å². The van der Waals surface area contributed by atoms with E-state index in [9.17, 15) is 4.79 Å². The quantitative estimate of drug-likeness (QED) is 0.815. The molecule has 2 aromatic rings. The van der Waals surface area contributed by atoms with Gasteiger partial charge in [-0.1, -0.05) is 12.1 Å². The lowest BCUT2D eigenvalue weighted by atomic mass is 10.0. The second kappa shape index (κ2) is 8.34. The topological polar surface area (TPSA) is 72.9 Å². The Balaban J connectivity index is 1.55. The second-order valence-corrected chi connectivity index (χ2v) is 8.06. The minimum Gasteiger partial charge on any atom is -0.373 e. The molecule has 3 atom stereocenters. The second-order valence-electron chi connectivity index (χ2n) is 8.06. The van der Waals surface area contributed by atoms with E-state index >= 15 is 0 Å². The summed E-state index contributed by atoms with van der Waals surface area (Å²) >= 11 is 0. The average molecular weight is 409 g/mol. The predicted molar refractivity (Wildman–Crippen MR) is 113 cm³/mol. The first-order valence-corrected chi connectivity index (χ1v) is 10.7. The zero-order chi connectivity index (χ0) is 20.5. The van der Waals surface area contributed by atoms with Crippen LogP contribution in [0.3, 0.4) is 0 Å². The summed E-state index contributed by atoms with van der Waals surface area (Å²) in [6, 6.07) is 9.99. The molecule has 7 heteroatoms. The number of carbonyl (C=O) groups is 1. The van der Waals surface area contributed by atoms with Gasteiger partial charge in [0.1, 0.15) is 18.0 Å². The first kappa shape index (κ1) is 19.5. The number of pyridine rings is 1. The first-order chi connectivity index (χ1) is 14.7. The fourth-order valence-corrected chi connectivity index (χ4v) is 4.42. The molecule has 0 radical (unpaired) electrons. The van der Waals surface area contributed by atoms with E-state index < -0.39 is 6.10 Å².